The van der Waals surface area contributed by atoms with Crippen molar-refractivity contribution in [2.75, 3.05) is 5.32 Å². The third-order valence-corrected chi connectivity index (χ3v) is 3.85. The molecular formula is C14H21N3O3. The van der Waals surface area contributed by atoms with E-state index >= 15 is 0 Å². The summed E-state index contributed by atoms with van der Waals surface area (Å²) in [4.78, 5) is 23.5. The Hall–Kier alpha value is -1.85. The van der Waals surface area contributed by atoms with E-state index in [1.165, 1.54) is 0 Å². The number of carbonyl (C=O) groups is 2. The number of carboxylic acid groups (broad SMARTS) is 1. The zero-order chi connectivity index (χ0) is 14.9. The second-order valence-electron chi connectivity index (χ2n) is 5.92. The van der Waals surface area contributed by atoms with Gasteiger partial charge in [0.05, 0.1) is 23.7 Å². The van der Waals surface area contributed by atoms with Gasteiger partial charge in [-0.25, -0.2) is 0 Å². The molecular weight excluding hydrogens is 258 g/mol. The molecule has 1 amide bonds. The lowest BCUT2D eigenvalue weighted by Crippen LogP contribution is -2.29. The van der Waals surface area contributed by atoms with E-state index in [1.807, 2.05) is 20.8 Å². The Morgan fingerprint density at radius 3 is 2.60 bits per heavy atom. The zero-order valence-electron chi connectivity index (χ0n) is 12.0. The van der Waals surface area contributed by atoms with Gasteiger partial charge in [0.2, 0.25) is 5.91 Å². The summed E-state index contributed by atoms with van der Waals surface area (Å²) in [5.74, 6) is -1.86. The Morgan fingerprint density at radius 1 is 1.40 bits per heavy atom. The van der Waals surface area contributed by atoms with Crippen LogP contribution in [0.5, 0.6) is 0 Å². The number of anilines is 1. The van der Waals surface area contributed by atoms with E-state index in [1.54, 1.807) is 17.1 Å². The predicted molar refractivity (Wildman–Crippen MR) is 74.3 cm³/mol. The van der Waals surface area contributed by atoms with Crippen molar-refractivity contribution >= 4 is 17.6 Å². The van der Waals surface area contributed by atoms with E-state index in [4.69, 9.17) is 0 Å². The van der Waals surface area contributed by atoms with E-state index in [0.29, 0.717) is 18.5 Å². The van der Waals surface area contributed by atoms with E-state index < -0.39 is 17.8 Å². The van der Waals surface area contributed by atoms with Crippen LogP contribution in [0.25, 0.3) is 0 Å². The van der Waals surface area contributed by atoms with Gasteiger partial charge in [0, 0.05) is 12.2 Å². The molecule has 0 spiro atoms. The molecule has 1 heterocycles. The van der Waals surface area contributed by atoms with Crippen LogP contribution in [-0.4, -0.2) is 26.8 Å². The Balaban J connectivity index is 2.05. The van der Waals surface area contributed by atoms with Crippen LogP contribution in [0.4, 0.5) is 5.69 Å². The molecule has 1 fully saturated rings. The van der Waals surface area contributed by atoms with Crippen molar-refractivity contribution in [2.45, 2.75) is 39.7 Å². The lowest BCUT2D eigenvalue weighted by Gasteiger charge is -2.14. The third kappa shape index (κ3) is 3.00. The summed E-state index contributed by atoms with van der Waals surface area (Å²) in [6.45, 7) is 5.98. The topological polar surface area (TPSA) is 84.2 Å². The molecule has 20 heavy (non-hydrogen) atoms. The lowest BCUT2D eigenvalue weighted by molar-refractivity contribution is -0.145. The van der Waals surface area contributed by atoms with Crippen molar-refractivity contribution in [1.29, 1.82) is 0 Å². The second kappa shape index (κ2) is 5.64. The number of amides is 1. The minimum absolute atomic E-state index is 0.218. The summed E-state index contributed by atoms with van der Waals surface area (Å²) >= 11 is 0. The molecule has 0 aromatic carbocycles. The summed E-state index contributed by atoms with van der Waals surface area (Å²) < 4.78 is 1.75. The van der Waals surface area contributed by atoms with E-state index in [9.17, 15) is 14.7 Å². The molecule has 2 rings (SSSR count). The highest BCUT2D eigenvalue weighted by Gasteiger charge is 2.41. The number of hydrogen-bond donors (Lipinski definition) is 2. The molecule has 110 valence electrons. The maximum absolute atomic E-state index is 12.2. The molecule has 0 saturated heterocycles. The summed E-state index contributed by atoms with van der Waals surface area (Å²) in [5.41, 5.74) is 0.618. The molecule has 3 atom stereocenters. The van der Waals surface area contributed by atoms with E-state index in [2.05, 4.69) is 10.4 Å². The van der Waals surface area contributed by atoms with Crippen LogP contribution >= 0.6 is 0 Å². The first-order valence-corrected chi connectivity index (χ1v) is 6.96. The summed E-state index contributed by atoms with van der Waals surface area (Å²) in [5, 5.41) is 16.1. The van der Waals surface area contributed by atoms with Gasteiger partial charge in [-0.3, -0.25) is 14.3 Å². The van der Waals surface area contributed by atoms with Crippen LogP contribution in [0.3, 0.4) is 0 Å². The minimum atomic E-state index is -0.882. The average molecular weight is 279 g/mol. The van der Waals surface area contributed by atoms with Gasteiger partial charge in [-0.15, -0.1) is 0 Å². The van der Waals surface area contributed by atoms with Crippen molar-refractivity contribution < 1.29 is 14.7 Å². The normalized spacial score (nSPS) is 25.9. The van der Waals surface area contributed by atoms with Crippen molar-refractivity contribution in [3.05, 3.63) is 12.4 Å². The highest BCUT2D eigenvalue weighted by molar-refractivity contribution is 5.95. The zero-order valence-corrected chi connectivity index (χ0v) is 12.0. The van der Waals surface area contributed by atoms with Gasteiger partial charge < -0.3 is 10.4 Å². The van der Waals surface area contributed by atoms with Crippen molar-refractivity contribution in [3.63, 3.8) is 0 Å². The highest BCUT2D eigenvalue weighted by atomic mass is 16.4. The summed E-state index contributed by atoms with van der Waals surface area (Å²) in [6.07, 6.45) is 4.54. The number of aromatic nitrogens is 2. The first-order valence-electron chi connectivity index (χ1n) is 6.96. The molecule has 2 N–H and O–H groups in total. The number of nitrogens with zero attached hydrogens (tertiary/aromatic N) is 2. The number of rotatable bonds is 4. The third-order valence-electron chi connectivity index (χ3n) is 3.85. The monoisotopic (exact) mass is 279 g/mol. The van der Waals surface area contributed by atoms with Crippen LogP contribution < -0.4 is 5.32 Å². The smallest absolute Gasteiger partial charge is 0.307 e. The van der Waals surface area contributed by atoms with Gasteiger partial charge in [-0.05, 0) is 32.6 Å². The number of carboxylic acids is 1. The fourth-order valence-corrected chi connectivity index (χ4v) is 2.77. The van der Waals surface area contributed by atoms with Gasteiger partial charge in [0.1, 0.15) is 0 Å². The Morgan fingerprint density at radius 2 is 2.05 bits per heavy atom. The molecule has 1 unspecified atom stereocenters. The predicted octanol–water partition coefficient (Wildman–Crippen LogP) is 2.15. The van der Waals surface area contributed by atoms with Gasteiger partial charge in [-0.1, -0.05) is 6.92 Å². The van der Waals surface area contributed by atoms with Crippen molar-refractivity contribution in [1.82, 2.24) is 9.78 Å². The van der Waals surface area contributed by atoms with Crippen LogP contribution in [0, 0.1) is 17.8 Å². The summed E-state index contributed by atoms with van der Waals surface area (Å²) in [7, 11) is 0. The molecule has 0 radical (unpaired) electrons. The van der Waals surface area contributed by atoms with Crippen LogP contribution in [0.15, 0.2) is 12.4 Å². The van der Waals surface area contributed by atoms with Gasteiger partial charge in [0.15, 0.2) is 0 Å². The fraction of sp³-hybridized carbons (Fsp3) is 0.643. The Labute approximate surface area is 118 Å². The molecule has 6 nitrogen and oxygen atoms in total. The number of hydrogen-bond acceptors (Lipinski definition) is 3. The van der Waals surface area contributed by atoms with Gasteiger partial charge in [-0.2, -0.15) is 5.10 Å². The van der Waals surface area contributed by atoms with Crippen LogP contribution in [0.1, 0.15) is 39.7 Å². The van der Waals surface area contributed by atoms with Gasteiger partial charge >= 0.3 is 5.97 Å². The van der Waals surface area contributed by atoms with Crippen molar-refractivity contribution in [3.8, 4) is 0 Å². The maximum Gasteiger partial charge on any atom is 0.307 e. The first kappa shape index (κ1) is 14.6. The van der Waals surface area contributed by atoms with E-state index in [0.717, 1.165) is 0 Å². The standard InChI is InChI=1S/C14H21N3O3/c1-8(2)17-7-10(6-15-17)16-13(18)11-4-9(3)5-12(11)14(19)20/h6-9,11-12H,4-5H2,1-3H3,(H,16,18)(H,19,20)/t9?,11-,12+/m0/s1. The van der Waals surface area contributed by atoms with Crippen LogP contribution in [-0.2, 0) is 9.59 Å². The molecule has 1 aromatic heterocycles. The Bertz CT molecular complexity index is 510. The van der Waals surface area contributed by atoms with Crippen LogP contribution in [0.2, 0.25) is 0 Å². The Kier molecular flexibility index (Phi) is 4.11. The molecule has 0 aliphatic heterocycles. The molecule has 1 aliphatic rings. The summed E-state index contributed by atoms with van der Waals surface area (Å²) in [6, 6.07) is 0.221. The molecule has 1 aromatic rings. The molecule has 1 aliphatic carbocycles. The number of nitrogens with one attached hydrogen (secondary N) is 1. The molecule has 1 saturated carbocycles. The largest absolute Gasteiger partial charge is 0.481 e. The number of aliphatic carboxylic acids is 1. The maximum atomic E-state index is 12.2. The lowest BCUT2D eigenvalue weighted by atomic mass is 9.95. The van der Waals surface area contributed by atoms with E-state index in [-0.39, 0.29) is 17.9 Å². The SMILES string of the molecule is CC1C[C@H](C(=O)Nc2cnn(C(C)C)c2)[C@H](C(=O)O)C1. The molecule has 0 bridgehead atoms. The molecule has 6 heteroatoms. The minimum Gasteiger partial charge on any atom is -0.481 e. The fourth-order valence-electron chi connectivity index (χ4n) is 2.77. The quantitative estimate of drug-likeness (QED) is 0.884. The second-order valence-corrected chi connectivity index (χ2v) is 5.92. The average Bonchev–Trinajstić information content (AvgIpc) is 2.95. The number of carbonyl (C=O) groups excluding carboxylic acids is 1. The van der Waals surface area contributed by atoms with Gasteiger partial charge in [0.25, 0.3) is 0 Å². The highest BCUT2D eigenvalue weighted by Crippen LogP contribution is 2.37. The first-order chi connectivity index (χ1) is 9.38. The van der Waals surface area contributed by atoms with Crippen molar-refractivity contribution in [2.24, 2.45) is 17.8 Å².